The Hall–Kier alpha value is -1.60. The molecule has 2 fully saturated rings. The number of carbonyl (C=O) groups excluding carboxylic acids is 1. The van der Waals surface area contributed by atoms with Gasteiger partial charge in [-0.15, -0.1) is 0 Å². The number of alkyl halides is 3. The number of benzene rings is 1. The highest BCUT2D eigenvalue weighted by molar-refractivity contribution is 5.77. The Morgan fingerprint density at radius 2 is 1.85 bits per heavy atom. The van der Waals surface area contributed by atoms with Crippen molar-refractivity contribution < 1.29 is 18.0 Å². The van der Waals surface area contributed by atoms with Crippen molar-refractivity contribution >= 4 is 5.91 Å². The predicted octanol–water partition coefficient (Wildman–Crippen LogP) is 3.22. The van der Waals surface area contributed by atoms with Crippen molar-refractivity contribution in [2.75, 3.05) is 39.8 Å². The van der Waals surface area contributed by atoms with E-state index >= 15 is 0 Å². The summed E-state index contributed by atoms with van der Waals surface area (Å²) in [5.41, 5.74) is 0.0545. The number of carbonyl (C=O) groups is 1. The first-order valence-corrected chi connectivity index (χ1v) is 9.69. The second-order valence-corrected chi connectivity index (χ2v) is 7.69. The molecule has 150 valence electrons. The summed E-state index contributed by atoms with van der Waals surface area (Å²) in [5.74, 6) is 0.201. The van der Waals surface area contributed by atoms with Crippen LogP contribution in [0.2, 0.25) is 0 Å². The van der Waals surface area contributed by atoms with Gasteiger partial charge >= 0.3 is 6.18 Å². The fourth-order valence-corrected chi connectivity index (χ4v) is 3.99. The summed E-state index contributed by atoms with van der Waals surface area (Å²) in [6.07, 6.45) is -0.266. The van der Waals surface area contributed by atoms with Gasteiger partial charge in [-0.3, -0.25) is 9.69 Å². The Kier molecular flexibility index (Phi) is 6.42. The van der Waals surface area contributed by atoms with Gasteiger partial charge in [0.15, 0.2) is 0 Å². The maximum atomic E-state index is 12.8. The van der Waals surface area contributed by atoms with Crippen molar-refractivity contribution in [3.63, 3.8) is 0 Å². The molecule has 4 nitrogen and oxygen atoms in total. The maximum Gasteiger partial charge on any atom is 0.416 e. The predicted molar refractivity (Wildman–Crippen MR) is 98.2 cm³/mol. The van der Waals surface area contributed by atoms with Crippen molar-refractivity contribution in [3.05, 3.63) is 35.4 Å². The van der Waals surface area contributed by atoms with Gasteiger partial charge < -0.3 is 9.80 Å². The first kappa shape index (κ1) is 20.1. The van der Waals surface area contributed by atoms with Crippen LogP contribution in [-0.4, -0.2) is 66.4 Å². The zero-order valence-corrected chi connectivity index (χ0v) is 15.8. The van der Waals surface area contributed by atoms with Gasteiger partial charge in [0.1, 0.15) is 0 Å². The molecule has 2 heterocycles. The Labute approximate surface area is 158 Å². The molecule has 1 aromatic carbocycles. The van der Waals surface area contributed by atoms with E-state index in [1.807, 2.05) is 4.90 Å². The van der Waals surface area contributed by atoms with Crippen molar-refractivity contribution in [2.45, 2.75) is 44.4 Å². The van der Waals surface area contributed by atoms with Crippen molar-refractivity contribution in [1.82, 2.24) is 14.7 Å². The Bertz CT molecular complexity index is 642. The van der Waals surface area contributed by atoms with Crippen LogP contribution in [0.5, 0.6) is 0 Å². The smallest absolute Gasteiger partial charge is 0.340 e. The van der Waals surface area contributed by atoms with Crippen LogP contribution < -0.4 is 0 Å². The molecule has 2 saturated heterocycles. The van der Waals surface area contributed by atoms with E-state index in [9.17, 15) is 18.0 Å². The minimum atomic E-state index is -4.31. The van der Waals surface area contributed by atoms with Crippen LogP contribution in [0.3, 0.4) is 0 Å². The molecule has 2 aliphatic rings. The Morgan fingerprint density at radius 3 is 2.52 bits per heavy atom. The first-order chi connectivity index (χ1) is 12.8. The molecule has 1 atom stereocenters. The molecular weight excluding hydrogens is 355 g/mol. The summed E-state index contributed by atoms with van der Waals surface area (Å²) in [5, 5.41) is 0. The highest BCUT2D eigenvalue weighted by Crippen LogP contribution is 2.29. The zero-order valence-electron chi connectivity index (χ0n) is 15.8. The third-order valence-corrected chi connectivity index (χ3v) is 5.72. The molecule has 7 heteroatoms. The van der Waals surface area contributed by atoms with Gasteiger partial charge in [0, 0.05) is 45.2 Å². The fraction of sp³-hybridized carbons (Fsp3) is 0.650. The minimum Gasteiger partial charge on any atom is -0.340 e. The number of halogens is 3. The quantitative estimate of drug-likeness (QED) is 0.799. The lowest BCUT2D eigenvalue weighted by molar-refractivity contribution is -0.138. The van der Waals surface area contributed by atoms with E-state index in [0.717, 1.165) is 19.0 Å². The Balaban J connectivity index is 1.48. The molecule has 2 aliphatic heterocycles. The summed E-state index contributed by atoms with van der Waals surface area (Å²) in [4.78, 5) is 18.9. The lowest BCUT2D eigenvalue weighted by atomic mass is 9.99. The van der Waals surface area contributed by atoms with Gasteiger partial charge in [0.25, 0.3) is 0 Å². The molecule has 0 aliphatic carbocycles. The molecule has 0 N–H and O–H groups in total. The lowest BCUT2D eigenvalue weighted by Crippen LogP contribution is -2.50. The molecule has 3 rings (SSSR count). The van der Waals surface area contributed by atoms with Crippen LogP contribution >= 0.6 is 0 Å². The van der Waals surface area contributed by atoms with Gasteiger partial charge in [-0.2, -0.15) is 13.2 Å². The lowest BCUT2D eigenvalue weighted by Gasteiger charge is -2.37. The second kappa shape index (κ2) is 8.61. The number of rotatable bonds is 4. The van der Waals surface area contributed by atoms with Crippen LogP contribution in [0.4, 0.5) is 13.2 Å². The molecule has 0 radical (unpaired) electrons. The molecule has 0 bridgehead atoms. The average molecular weight is 383 g/mol. The summed E-state index contributed by atoms with van der Waals surface area (Å²) in [6, 6.07) is 5.85. The molecule has 1 aromatic rings. The van der Waals surface area contributed by atoms with E-state index < -0.39 is 11.7 Å². The molecule has 0 unspecified atom stereocenters. The topological polar surface area (TPSA) is 26.8 Å². The molecular formula is C20H28F3N3O. The van der Waals surface area contributed by atoms with E-state index in [1.165, 1.54) is 25.0 Å². The number of piperidine rings is 1. The summed E-state index contributed by atoms with van der Waals surface area (Å²) in [6.45, 7) is 4.23. The van der Waals surface area contributed by atoms with E-state index in [0.29, 0.717) is 50.7 Å². The van der Waals surface area contributed by atoms with Gasteiger partial charge in [0.2, 0.25) is 5.91 Å². The maximum absolute atomic E-state index is 12.8. The van der Waals surface area contributed by atoms with E-state index in [4.69, 9.17) is 0 Å². The van der Waals surface area contributed by atoms with Crippen LogP contribution in [0, 0.1) is 0 Å². The van der Waals surface area contributed by atoms with Gasteiger partial charge in [-0.25, -0.2) is 0 Å². The molecule has 0 saturated carbocycles. The number of likely N-dealkylation sites (tertiary alicyclic amines) is 1. The normalized spacial score (nSPS) is 22.8. The number of amides is 1. The van der Waals surface area contributed by atoms with Crippen LogP contribution in [0.25, 0.3) is 0 Å². The summed E-state index contributed by atoms with van der Waals surface area (Å²) < 4.78 is 38.5. The van der Waals surface area contributed by atoms with E-state index in [-0.39, 0.29) is 5.91 Å². The average Bonchev–Trinajstić information content (AvgIpc) is 2.64. The first-order valence-electron chi connectivity index (χ1n) is 9.69. The van der Waals surface area contributed by atoms with Gasteiger partial charge in [-0.1, -0.05) is 24.6 Å². The van der Waals surface area contributed by atoms with E-state index in [2.05, 4.69) is 16.8 Å². The molecule has 0 spiro atoms. The zero-order chi connectivity index (χ0) is 19.4. The van der Waals surface area contributed by atoms with Crippen LogP contribution in [0.15, 0.2) is 24.3 Å². The minimum absolute atomic E-state index is 0.201. The monoisotopic (exact) mass is 383 g/mol. The number of hydrogen-bond acceptors (Lipinski definition) is 3. The van der Waals surface area contributed by atoms with Crippen molar-refractivity contribution in [1.29, 1.82) is 0 Å². The SMILES string of the molecule is CN1CCCC[C@@H]1CC(=O)N1CCN(Cc2cccc(C(F)(F)F)c2)CC1. The largest absolute Gasteiger partial charge is 0.416 e. The van der Waals surface area contributed by atoms with Gasteiger partial charge in [0.05, 0.1) is 5.56 Å². The van der Waals surface area contributed by atoms with Gasteiger partial charge in [-0.05, 0) is 38.1 Å². The van der Waals surface area contributed by atoms with Crippen molar-refractivity contribution in [2.24, 2.45) is 0 Å². The number of piperazine rings is 1. The molecule has 27 heavy (non-hydrogen) atoms. The second-order valence-electron chi connectivity index (χ2n) is 7.69. The summed E-state index contributed by atoms with van der Waals surface area (Å²) in [7, 11) is 2.09. The van der Waals surface area contributed by atoms with Crippen LogP contribution in [0.1, 0.15) is 36.8 Å². The van der Waals surface area contributed by atoms with Crippen molar-refractivity contribution in [3.8, 4) is 0 Å². The highest BCUT2D eigenvalue weighted by Gasteiger charge is 2.31. The third kappa shape index (κ3) is 5.45. The standard InChI is InChI=1S/C20H28F3N3O/c1-24-8-3-2-7-18(24)14-19(27)26-11-9-25(10-12-26)15-16-5-4-6-17(13-16)20(21,22)23/h4-6,13,18H,2-3,7-12,14-15H2,1H3/t18-/m1/s1. The highest BCUT2D eigenvalue weighted by atomic mass is 19.4. The Morgan fingerprint density at radius 1 is 1.11 bits per heavy atom. The molecule has 0 aromatic heterocycles. The summed E-state index contributed by atoms with van der Waals surface area (Å²) >= 11 is 0. The molecule has 1 amide bonds. The fourth-order valence-electron chi connectivity index (χ4n) is 3.99. The number of nitrogens with zero attached hydrogens (tertiary/aromatic N) is 3. The third-order valence-electron chi connectivity index (χ3n) is 5.72. The van der Waals surface area contributed by atoms with Crippen LogP contribution in [-0.2, 0) is 17.5 Å². The van der Waals surface area contributed by atoms with E-state index in [1.54, 1.807) is 6.07 Å². The number of hydrogen-bond donors (Lipinski definition) is 0.